The fraction of sp³-hybridized carbons (Fsp3) is 0.409. The predicted octanol–water partition coefficient (Wildman–Crippen LogP) is 4.84. The second-order valence-corrected chi connectivity index (χ2v) is 7.58. The standard InChI is InChI=1S/C22H24F2N2O2/c23-19-17-16(13-7-2-1-3-8-13)22(26-14-9-4-5-10-14)20(24)18(19)21(17)25-12-6-11-15(27)28/h1-3,7-8,14,21,25-26H,4-6,9-12H2,(H,27,28). The van der Waals surface area contributed by atoms with Crippen LogP contribution in [0.1, 0.15) is 55.7 Å². The molecular weight excluding hydrogens is 362 g/mol. The normalized spacial score (nSPS) is 18.1. The summed E-state index contributed by atoms with van der Waals surface area (Å²) in [5.41, 5.74) is 2.28. The average Bonchev–Trinajstić information content (AvgIpc) is 3.19. The van der Waals surface area contributed by atoms with E-state index < -0.39 is 23.6 Å². The quantitative estimate of drug-likeness (QED) is 0.568. The Morgan fingerprint density at radius 3 is 2.46 bits per heavy atom. The van der Waals surface area contributed by atoms with Crippen molar-refractivity contribution >= 4 is 11.7 Å². The van der Waals surface area contributed by atoms with Crippen molar-refractivity contribution in [3.05, 3.63) is 53.1 Å². The molecule has 1 saturated carbocycles. The number of anilines is 1. The van der Waals surface area contributed by atoms with Crippen LogP contribution in [0.25, 0.3) is 11.1 Å². The van der Waals surface area contributed by atoms with E-state index in [1.54, 1.807) is 0 Å². The monoisotopic (exact) mass is 386 g/mol. The van der Waals surface area contributed by atoms with E-state index in [-0.39, 0.29) is 18.0 Å². The van der Waals surface area contributed by atoms with Crippen molar-refractivity contribution in [1.29, 1.82) is 0 Å². The van der Waals surface area contributed by atoms with E-state index in [1.807, 2.05) is 30.3 Å². The van der Waals surface area contributed by atoms with Gasteiger partial charge in [0, 0.05) is 29.2 Å². The highest BCUT2D eigenvalue weighted by atomic mass is 19.1. The maximum atomic E-state index is 15.4. The molecule has 3 aliphatic rings. The molecule has 3 aliphatic carbocycles. The lowest BCUT2D eigenvalue weighted by Gasteiger charge is -2.36. The fourth-order valence-corrected chi connectivity index (χ4v) is 4.33. The van der Waals surface area contributed by atoms with Gasteiger partial charge in [-0.05, 0) is 31.4 Å². The zero-order valence-electron chi connectivity index (χ0n) is 15.6. The first-order valence-electron chi connectivity index (χ1n) is 9.89. The van der Waals surface area contributed by atoms with Crippen molar-refractivity contribution in [1.82, 2.24) is 5.32 Å². The van der Waals surface area contributed by atoms with E-state index in [1.165, 1.54) is 0 Å². The number of rotatable bonds is 8. The first-order valence-corrected chi connectivity index (χ1v) is 9.89. The molecule has 2 aromatic carbocycles. The molecule has 0 radical (unpaired) electrons. The second-order valence-electron chi connectivity index (χ2n) is 7.58. The maximum Gasteiger partial charge on any atom is 0.303 e. The first-order chi connectivity index (χ1) is 13.6. The number of carbonyl (C=O) groups is 1. The van der Waals surface area contributed by atoms with Gasteiger partial charge in [-0.25, -0.2) is 8.78 Å². The number of carboxylic acid groups (broad SMARTS) is 1. The van der Waals surface area contributed by atoms with Gasteiger partial charge in [-0.1, -0.05) is 43.2 Å². The minimum Gasteiger partial charge on any atom is -0.481 e. The van der Waals surface area contributed by atoms with Crippen molar-refractivity contribution in [3.63, 3.8) is 0 Å². The first kappa shape index (κ1) is 18.9. The van der Waals surface area contributed by atoms with Crippen LogP contribution in [0.5, 0.6) is 0 Å². The lowest BCUT2D eigenvalue weighted by atomic mass is 9.77. The Hall–Kier alpha value is -2.47. The summed E-state index contributed by atoms with van der Waals surface area (Å²) < 4.78 is 30.1. The third-order valence-corrected chi connectivity index (χ3v) is 5.71. The van der Waals surface area contributed by atoms with Crippen LogP contribution in [0.2, 0.25) is 0 Å². The number of hydrogen-bond acceptors (Lipinski definition) is 3. The number of benzene rings is 2. The van der Waals surface area contributed by atoms with Gasteiger partial charge in [-0.3, -0.25) is 4.79 Å². The SMILES string of the molecule is O=C(O)CCCNC1c2c(F)c(NC3CCCC3)c(-c3ccccc3)c1c2F. The summed E-state index contributed by atoms with van der Waals surface area (Å²) in [5, 5.41) is 15.2. The van der Waals surface area contributed by atoms with Crippen LogP contribution in [0.15, 0.2) is 30.3 Å². The largest absolute Gasteiger partial charge is 0.481 e. The van der Waals surface area contributed by atoms with E-state index in [0.717, 1.165) is 31.2 Å². The molecule has 3 N–H and O–H groups in total. The van der Waals surface area contributed by atoms with Gasteiger partial charge >= 0.3 is 5.97 Å². The third-order valence-electron chi connectivity index (χ3n) is 5.71. The summed E-state index contributed by atoms with van der Waals surface area (Å²) in [6.45, 7) is 0.387. The number of halogens is 2. The van der Waals surface area contributed by atoms with Gasteiger partial charge in [-0.2, -0.15) is 0 Å². The Kier molecular flexibility index (Phi) is 5.31. The molecule has 1 fully saturated rings. The molecule has 0 amide bonds. The molecule has 148 valence electrons. The van der Waals surface area contributed by atoms with Crippen LogP contribution in [-0.2, 0) is 4.79 Å². The summed E-state index contributed by atoms with van der Waals surface area (Å²) in [6.07, 6.45) is 4.66. The summed E-state index contributed by atoms with van der Waals surface area (Å²) in [7, 11) is 0. The third kappa shape index (κ3) is 3.37. The Morgan fingerprint density at radius 2 is 1.79 bits per heavy atom. The average molecular weight is 386 g/mol. The van der Waals surface area contributed by atoms with Crippen molar-refractivity contribution in [3.8, 4) is 11.1 Å². The lowest BCUT2D eigenvalue weighted by molar-refractivity contribution is -0.137. The van der Waals surface area contributed by atoms with Gasteiger partial charge in [0.25, 0.3) is 0 Å². The molecule has 5 rings (SSSR count). The van der Waals surface area contributed by atoms with E-state index in [2.05, 4.69) is 10.6 Å². The van der Waals surface area contributed by atoms with Gasteiger partial charge in [0.2, 0.25) is 0 Å². The summed E-state index contributed by atoms with van der Waals surface area (Å²) in [4.78, 5) is 10.7. The zero-order chi connectivity index (χ0) is 19.7. The zero-order valence-corrected chi connectivity index (χ0v) is 15.6. The minimum absolute atomic E-state index is 0.0264. The Balaban J connectivity index is 1.67. The molecule has 6 heteroatoms. The van der Waals surface area contributed by atoms with Crippen molar-refractivity contribution in [2.24, 2.45) is 0 Å². The number of carboxylic acids is 1. The topological polar surface area (TPSA) is 61.4 Å². The van der Waals surface area contributed by atoms with E-state index >= 15 is 4.39 Å². The van der Waals surface area contributed by atoms with Gasteiger partial charge in [0.1, 0.15) is 5.82 Å². The molecule has 0 spiro atoms. The van der Waals surface area contributed by atoms with Crippen LogP contribution in [0.4, 0.5) is 14.5 Å². The summed E-state index contributed by atoms with van der Waals surface area (Å²) in [5.74, 6) is -1.91. The molecule has 0 aromatic heterocycles. The molecule has 2 aromatic rings. The maximum absolute atomic E-state index is 15.4. The number of fused-ring (bicyclic) bond motifs is 2. The van der Waals surface area contributed by atoms with Gasteiger partial charge in [0.15, 0.2) is 5.82 Å². The van der Waals surface area contributed by atoms with Gasteiger partial charge in [-0.15, -0.1) is 0 Å². The van der Waals surface area contributed by atoms with Crippen LogP contribution < -0.4 is 10.6 Å². The Labute approximate surface area is 163 Å². The van der Waals surface area contributed by atoms with Gasteiger partial charge in [0.05, 0.1) is 11.7 Å². The minimum atomic E-state index is -0.876. The molecule has 1 unspecified atom stereocenters. The summed E-state index contributed by atoms with van der Waals surface area (Å²) >= 11 is 0. The van der Waals surface area contributed by atoms with Crippen LogP contribution in [0.3, 0.4) is 0 Å². The smallest absolute Gasteiger partial charge is 0.303 e. The highest BCUT2D eigenvalue weighted by molar-refractivity contribution is 5.86. The van der Waals surface area contributed by atoms with Gasteiger partial charge < -0.3 is 15.7 Å². The molecular formula is C22H24F2N2O2. The van der Waals surface area contributed by atoms with Crippen molar-refractivity contribution in [2.45, 2.75) is 50.6 Å². The van der Waals surface area contributed by atoms with E-state index in [9.17, 15) is 9.18 Å². The number of hydrogen-bond donors (Lipinski definition) is 3. The van der Waals surface area contributed by atoms with E-state index in [4.69, 9.17) is 5.11 Å². The van der Waals surface area contributed by atoms with Crippen LogP contribution >= 0.6 is 0 Å². The highest BCUT2D eigenvalue weighted by Gasteiger charge is 2.42. The van der Waals surface area contributed by atoms with E-state index in [0.29, 0.717) is 29.8 Å². The molecule has 0 aliphatic heterocycles. The summed E-state index contributed by atoms with van der Waals surface area (Å²) in [6, 6.07) is 9.01. The predicted molar refractivity (Wildman–Crippen MR) is 104 cm³/mol. The Bertz CT molecular complexity index is 880. The van der Waals surface area contributed by atoms with Crippen LogP contribution in [-0.4, -0.2) is 23.7 Å². The number of aliphatic carboxylic acids is 1. The molecule has 1 atom stereocenters. The molecule has 0 saturated heterocycles. The molecule has 2 bridgehead atoms. The second kappa shape index (κ2) is 7.87. The van der Waals surface area contributed by atoms with Crippen molar-refractivity contribution in [2.75, 3.05) is 11.9 Å². The molecule has 28 heavy (non-hydrogen) atoms. The fourth-order valence-electron chi connectivity index (χ4n) is 4.33. The number of nitrogens with one attached hydrogen (secondary N) is 2. The Morgan fingerprint density at radius 1 is 1.07 bits per heavy atom. The van der Waals surface area contributed by atoms with Crippen molar-refractivity contribution < 1.29 is 18.7 Å². The van der Waals surface area contributed by atoms with Crippen LogP contribution in [0, 0.1) is 11.6 Å². The molecule has 0 heterocycles. The molecule has 4 nitrogen and oxygen atoms in total. The highest BCUT2D eigenvalue weighted by Crippen LogP contribution is 2.51. The lowest BCUT2D eigenvalue weighted by Crippen LogP contribution is -2.35.